The van der Waals surface area contributed by atoms with Crippen LogP contribution in [0.25, 0.3) is 0 Å². The zero-order chi connectivity index (χ0) is 21.5. The minimum absolute atomic E-state index is 0.0938. The molecule has 2 rings (SSSR count). The number of hydrogen-bond donors (Lipinski definition) is 2. The summed E-state index contributed by atoms with van der Waals surface area (Å²) < 4.78 is 0. The third-order valence-electron chi connectivity index (χ3n) is 5.62. The maximum atomic E-state index is 6.40. The summed E-state index contributed by atoms with van der Waals surface area (Å²) in [6, 6.07) is 0.308. The molecule has 3 N–H and O–H groups in total. The Bertz CT molecular complexity index is 658. The second-order valence-corrected chi connectivity index (χ2v) is 11.5. The van der Waals surface area contributed by atoms with Crippen LogP contribution in [0.15, 0.2) is 6.33 Å². The second kappa shape index (κ2) is 7.41. The molecule has 1 aliphatic heterocycles. The van der Waals surface area contributed by atoms with Gasteiger partial charge >= 0.3 is 0 Å². The normalized spacial score (nSPS) is 20.8. The van der Waals surface area contributed by atoms with Gasteiger partial charge in [0, 0.05) is 29.7 Å². The molecule has 7 nitrogen and oxygen atoms in total. The van der Waals surface area contributed by atoms with Crippen LogP contribution in [0.2, 0.25) is 0 Å². The molecule has 0 radical (unpaired) electrons. The molecule has 0 atom stereocenters. The van der Waals surface area contributed by atoms with Crippen LogP contribution in [0, 0.1) is 5.41 Å². The molecule has 1 fully saturated rings. The molecule has 0 aliphatic carbocycles. The molecule has 7 heteroatoms. The highest BCUT2D eigenvalue weighted by Gasteiger charge is 2.45. The van der Waals surface area contributed by atoms with Crippen molar-refractivity contribution in [1.29, 1.82) is 0 Å². The maximum absolute atomic E-state index is 6.40. The van der Waals surface area contributed by atoms with E-state index >= 15 is 0 Å². The van der Waals surface area contributed by atoms with Crippen LogP contribution in [0.5, 0.6) is 0 Å². The summed E-state index contributed by atoms with van der Waals surface area (Å²) in [5.41, 5.74) is -0.0756. The Labute approximate surface area is 171 Å². The second-order valence-electron chi connectivity index (χ2n) is 11.5. The first-order valence-electron chi connectivity index (χ1n) is 10.3. The molecule has 0 spiro atoms. The molecule has 0 amide bonds. The molecule has 28 heavy (non-hydrogen) atoms. The van der Waals surface area contributed by atoms with Crippen LogP contribution in [0.1, 0.15) is 81.6 Å². The van der Waals surface area contributed by atoms with Gasteiger partial charge in [-0.25, -0.2) is 15.0 Å². The van der Waals surface area contributed by atoms with E-state index in [1.807, 2.05) is 5.01 Å². The first-order chi connectivity index (χ1) is 12.5. The Morgan fingerprint density at radius 3 is 2.14 bits per heavy atom. The van der Waals surface area contributed by atoms with Crippen molar-refractivity contribution in [2.45, 2.75) is 104 Å². The van der Waals surface area contributed by atoms with E-state index < -0.39 is 0 Å². The summed E-state index contributed by atoms with van der Waals surface area (Å²) in [6.45, 7) is 19.9. The number of piperidine rings is 1. The van der Waals surface area contributed by atoms with Crippen molar-refractivity contribution in [2.75, 3.05) is 17.3 Å². The highest BCUT2D eigenvalue weighted by Crippen LogP contribution is 2.38. The van der Waals surface area contributed by atoms with Crippen LogP contribution in [-0.2, 0) is 0 Å². The number of anilines is 2. The van der Waals surface area contributed by atoms with Gasteiger partial charge < -0.3 is 10.2 Å². The van der Waals surface area contributed by atoms with Crippen LogP contribution >= 0.6 is 0 Å². The zero-order valence-electron chi connectivity index (χ0n) is 19.6. The molecule has 1 aromatic heterocycles. The van der Waals surface area contributed by atoms with Gasteiger partial charge in [0.1, 0.15) is 6.33 Å². The number of hydrazine groups is 1. The van der Waals surface area contributed by atoms with Crippen molar-refractivity contribution in [2.24, 2.45) is 11.3 Å². The van der Waals surface area contributed by atoms with Gasteiger partial charge in [-0.15, -0.1) is 0 Å². The van der Waals surface area contributed by atoms with E-state index in [0.29, 0.717) is 17.9 Å². The first-order valence-corrected chi connectivity index (χ1v) is 10.3. The molecule has 0 unspecified atom stereocenters. The Kier molecular flexibility index (Phi) is 6.04. The standard InChI is InChI=1S/C21H41N7/c1-18(2,3)13-19(4,5)26-16-23-14-24-17(25-16)27(10)15-11-20(6,7)28(22)21(8,9)12-15/h14-15H,11-13,22H2,1-10H3,(H,23,24,25,26). The smallest absolute Gasteiger partial charge is 0.230 e. The quantitative estimate of drug-likeness (QED) is 0.738. The fraction of sp³-hybridized carbons (Fsp3) is 0.857. The molecular formula is C21H41N7. The zero-order valence-corrected chi connectivity index (χ0v) is 19.6. The highest BCUT2D eigenvalue weighted by atomic mass is 15.5. The summed E-state index contributed by atoms with van der Waals surface area (Å²) in [4.78, 5) is 15.7. The van der Waals surface area contributed by atoms with Crippen molar-refractivity contribution in [3.63, 3.8) is 0 Å². The summed E-state index contributed by atoms with van der Waals surface area (Å²) in [5.74, 6) is 7.72. The highest BCUT2D eigenvalue weighted by molar-refractivity contribution is 5.38. The van der Waals surface area contributed by atoms with Crippen molar-refractivity contribution in [1.82, 2.24) is 20.0 Å². The van der Waals surface area contributed by atoms with E-state index in [0.717, 1.165) is 19.3 Å². The van der Waals surface area contributed by atoms with Gasteiger partial charge in [-0.05, 0) is 66.2 Å². The minimum atomic E-state index is -0.107. The van der Waals surface area contributed by atoms with Gasteiger partial charge in [-0.3, -0.25) is 5.84 Å². The topological polar surface area (TPSA) is 83.2 Å². The average Bonchev–Trinajstić information content (AvgIpc) is 2.48. The van der Waals surface area contributed by atoms with Gasteiger partial charge in [0.25, 0.3) is 0 Å². The van der Waals surface area contributed by atoms with Crippen molar-refractivity contribution in [3.8, 4) is 0 Å². The molecule has 0 bridgehead atoms. The Balaban J connectivity index is 2.19. The molecular weight excluding hydrogens is 350 g/mol. The molecule has 1 aromatic rings. The minimum Gasteiger partial charge on any atom is -0.349 e. The van der Waals surface area contributed by atoms with E-state index in [1.54, 1.807) is 6.33 Å². The summed E-state index contributed by atoms with van der Waals surface area (Å²) in [5, 5.41) is 5.50. The molecule has 1 saturated heterocycles. The molecule has 2 heterocycles. The maximum Gasteiger partial charge on any atom is 0.230 e. The van der Waals surface area contributed by atoms with E-state index in [9.17, 15) is 0 Å². The Morgan fingerprint density at radius 2 is 1.64 bits per heavy atom. The fourth-order valence-corrected chi connectivity index (χ4v) is 4.87. The summed E-state index contributed by atoms with van der Waals surface area (Å²) in [6.07, 6.45) is 4.51. The number of nitrogens with two attached hydrogens (primary N) is 1. The third kappa shape index (κ3) is 5.54. The van der Waals surface area contributed by atoms with E-state index in [-0.39, 0.29) is 22.0 Å². The van der Waals surface area contributed by atoms with E-state index in [4.69, 9.17) is 10.8 Å². The van der Waals surface area contributed by atoms with E-state index in [2.05, 4.69) is 89.5 Å². The van der Waals surface area contributed by atoms with Gasteiger partial charge in [0.2, 0.25) is 11.9 Å². The van der Waals surface area contributed by atoms with Crippen LogP contribution in [0.3, 0.4) is 0 Å². The molecule has 160 valence electrons. The molecule has 0 saturated carbocycles. The Morgan fingerprint density at radius 1 is 1.11 bits per heavy atom. The predicted octanol–water partition coefficient (Wildman–Crippen LogP) is 3.83. The van der Waals surface area contributed by atoms with Gasteiger partial charge in [0.05, 0.1) is 0 Å². The lowest BCUT2D eigenvalue weighted by Gasteiger charge is -2.54. The van der Waals surface area contributed by atoms with Crippen LogP contribution in [0.4, 0.5) is 11.9 Å². The predicted molar refractivity (Wildman–Crippen MR) is 117 cm³/mol. The van der Waals surface area contributed by atoms with E-state index in [1.165, 1.54) is 0 Å². The SMILES string of the molecule is CN(c1ncnc(NC(C)(C)CC(C)(C)C)n1)C1CC(C)(C)N(N)C(C)(C)C1. The van der Waals surface area contributed by atoms with Crippen LogP contribution in [-0.4, -0.2) is 49.7 Å². The third-order valence-corrected chi connectivity index (χ3v) is 5.62. The summed E-state index contributed by atoms with van der Waals surface area (Å²) in [7, 11) is 2.07. The lowest BCUT2D eigenvalue weighted by molar-refractivity contribution is -0.0367. The lowest BCUT2D eigenvalue weighted by atomic mass is 9.78. The first kappa shape index (κ1) is 22.8. The average molecular weight is 392 g/mol. The number of nitrogens with one attached hydrogen (secondary N) is 1. The molecule has 0 aromatic carbocycles. The largest absolute Gasteiger partial charge is 0.349 e. The summed E-state index contributed by atoms with van der Waals surface area (Å²) >= 11 is 0. The van der Waals surface area contributed by atoms with Gasteiger partial charge in [-0.2, -0.15) is 4.98 Å². The monoisotopic (exact) mass is 391 g/mol. The number of rotatable bonds is 5. The van der Waals surface area contributed by atoms with Gasteiger partial charge in [-0.1, -0.05) is 20.8 Å². The van der Waals surface area contributed by atoms with Crippen molar-refractivity contribution >= 4 is 11.9 Å². The number of aromatic nitrogens is 3. The van der Waals surface area contributed by atoms with Crippen molar-refractivity contribution in [3.05, 3.63) is 6.33 Å². The van der Waals surface area contributed by atoms with Crippen molar-refractivity contribution < 1.29 is 0 Å². The Hall–Kier alpha value is -1.47. The molecule has 1 aliphatic rings. The lowest BCUT2D eigenvalue weighted by Crippen LogP contribution is -2.66. The number of nitrogens with zero attached hydrogens (tertiary/aromatic N) is 5. The fourth-order valence-electron chi connectivity index (χ4n) is 4.87. The van der Waals surface area contributed by atoms with Gasteiger partial charge in [0.15, 0.2) is 0 Å². The van der Waals surface area contributed by atoms with Crippen LogP contribution < -0.4 is 16.1 Å². The number of hydrogen-bond acceptors (Lipinski definition) is 7.